The minimum absolute atomic E-state index is 0.0337. The Hall–Kier alpha value is -2.68. The van der Waals surface area contributed by atoms with Crippen molar-refractivity contribution >= 4 is 37.6 Å². The summed E-state index contributed by atoms with van der Waals surface area (Å²) in [5.41, 5.74) is 0.937. The van der Waals surface area contributed by atoms with Crippen molar-refractivity contribution in [3.05, 3.63) is 40.8 Å². The second-order valence-corrected chi connectivity index (χ2v) is 9.48. The summed E-state index contributed by atoms with van der Waals surface area (Å²) in [7, 11) is -1.51. The highest BCUT2D eigenvalue weighted by Gasteiger charge is 2.32. The molecule has 2 atom stereocenters. The van der Waals surface area contributed by atoms with Gasteiger partial charge in [-0.25, -0.2) is 13.1 Å². The summed E-state index contributed by atoms with van der Waals surface area (Å²) < 4.78 is 26.5. The van der Waals surface area contributed by atoms with E-state index in [0.717, 1.165) is 10.9 Å². The van der Waals surface area contributed by atoms with Crippen LogP contribution in [0.15, 0.2) is 35.3 Å². The Bertz CT molecular complexity index is 1240. The molecule has 2 unspecified atom stereocenters. The van der Waals surface area contributed by atoms with Crippen LogP contribution in [0.1, 0.15) is 25.8 Å². The number of carbonyl (C=O) groups is 1. The van der Waals surface area contributed by atoms with E-state index in [4.69, 9.17) is 0 Å². The molecule has 1 aliphatic heterocycles. The van der Waals surface area contributed by atoms with Crippen molar-refractivity contribution in [3.8, 4) is 0 Å². The predicted molar refractivity (Wildman–Crippen MR) is 107 cm³/mol. The second-order valence-electron chi connectivity index (χ2n) is 7.26. The van der Waals surface area contributed by atoms with Gasteiger partial charge in [0.15, 0.2) is 9.84 Å². The van der Waals surface area contributed by atoms with Crippen molar-refractivity contribution in [2.45, 2.75) is 31.8 Å². The molecule has 1 aromatic carbocycles. The van der Waals surface area contributed by atoms with Crippen LogP contribution >= 0.6 is 0 Å². The SMILES string of the molecule is CCC(C(=O)NC1CCS(=O)(=O)C1)n1c2ccccc2c2cnn(C)c(=O)c21. The average Bonchev–Trinajstić information content (AvgIpc) is 3.17. The number of hydrogen-bond donors (Lipinski definition) is 1. The summed E-state index contributed by atoms with van der Waals surface area (Å²) in [5.74, 6) is -0.212. The molecule has 0 aliphatic carbocycles. The quantitative estimate of drug-likeness (QED) is 0.705. The fourth-order valence-corrected chi connectivity index (χ4v) is 5.68. The number of nitrogens with one attached hydrogen (secondary N) is 1. The van der Waals surface area contributed by atoms with Gasteiger partial charge in [-0.3, -0.25) is 9.59 Å². The van der Waals surface area contributed by atoms with Gasteiger partial charge in [0.25, 0.3) is 5.56 Å². The highest BCUT2D eigenvalue weighted by molar-refractivity contribution is 7.91. The Morgan fingerprint density at radius 2 is 2.07 bits per heavy atom. The first-order valence-electron chi connectivity index (χ1n) is 9.28. The lowest BCUT2D eigenvalue weighted by Gasteiger charge is -2.21. The molecular formula is C19H22N4O4S. The molecule has 2 aromatic heterocycles. The van der Waals surface area contributed by atoms with Gasteiger partial charge in [-0.05, 0) is 18.9 Å². The van der Waals surface area contributed by atoms with E-state index in [1.54, 1.807) is 17.8 Å². The number of sulfone groups is 1. The van der Waals surface area contributed by atoms with Crippen molar-refractivity contribution in [1.29, 1.82) is 0 Å². The second kappa shape index (κ2) is 6.73. The normalized spacial score (nSPS) is 19.9. The largest absolute Gasteiger partial charge is 0.351 e. The van der Waals surface area contributed by atoms with E-state index < -0.39 is 15.9 Å². The highest BCUT2D eigenvalue weighted by Crippen LogP contribution is 2.31. The molecule has 1 fully saturated rings. The number of aryl methyl sites for hydroxylation is 1. The third kappa shape index (κ3) is 2.99. The average molecular weight is 402 g/mol. The molecule has 8 nitrogen and oxygen atoms in total. The van der Waals surface area contributed by atoms with Crippen molar-refractivity contribution in [3.63, 3.8) is 0 Å². The standard InChI is InChI=1S/C19H22N4O4S/c1-3-15(18(24)21-12-8-9-28(26,27)11-12)23-16-7-5-4-6-13(16)14-10-20-22(2)19(25)17(14)23/h4-7,10,12,15H,3,8-9,11H2,1-2H3,(H,21,24). The molecule has 0 radical (unpaired) electrons. The van der Waals surface area contributed by atoms with Gasteiger partial charge in [0.1, 0.15) is 11.6 Å². The van der Waals surface area contributed by atoms with Gasteiger partial charge in [0.2, 0.25) is 5.91 Å². The number of nitrogens with zero attached hydrogens (tertiary/aromatic N) is 3. The van der Waals surface area contributed by atoms with Crippen molar-refractivity contribution in [2.75, 3.05) is 11.5 Å². The first kappa shape index (κ1) is 18.7. The number of aromatic nitrogens is 3. The molecule has 28 heavy (non-hydrogen) atoms. The molecule has 1 aliphatic rings. The lowest BCUT2D eigenvalue weighted by molar-refractivity contribution is -0.124. The molecule has 1 saturated heterocycles. The van der Waals surface area contributed by atoms with Crippen LogP contribution in [0.25, 0.3) is 21.8 Å². The number of amides is 1. The van der Waals surface area contributed by atoms with Crippen LogP contribution in [0.5, 0.6) is 0 Å². The van der Waals surface area contributed by atoms with Crippen molar-refractivity contribution in [1.82, 2.24) is 19.7 Å². The lowest BCUT2D eigenvalue weighted by atomic mass is 10.1. The number of hydrogen-bond acceptors (Lipinski definition) is 5. The number of carbonyl (C=O) groups excluding carboxylic acids is 1. The Balaban J connectivity index is 1.84. The van der Waals surface area contributed by atoms with Crippen LogP contribution in [0.3, 0.4) is 0 Å². The maximum atomic E-state index is 13.1. The van der Waals surface area contributed by atoms with Gasteiger partial charge >= 0.3 is 0 Å². The first-order chi connectivity index (χ1) is 13.3. The molecule has 3 heterocycles. The number of benzene rings is 1. The number of para-hydroxylation sites is 1. The lowest BCUT2D eigenvalue weighted by Crippen LogP contribution is -2.40. The maximum Gasteiger partial charge on any atom is 0.291 e. The van der Waals surface area contributed by atoms with Crippen molar-refractivity contribution in [2.24, 2.45) is 7.05 Å². The summed E-state index contributed by atoms with van der Waals surface area (Å²) in [6.45, 7) is 1.88. The van der Waals surface area contributed by atoms with Crippen LogP contribution in [0.2, 0.25) is 0 Å². The highest BCUT2D eigenvalue weighted by atomic mass is 32.2. The molecule has 4 rings (SSSR count). The van der Waals surface area contributed by atoms with Crippen LogP contribution in [0, 0.1) is 0 Å². The van der Waals surface area contributed by atoms with Crippen LogP contribution in [0.4, 0.5) is 0 Å². The van der Waals surface area contributed by atoms with Gasteiger partial charge in [0.05, 0.1) is 23.2 Å². The Morgan fingerprint density at radius 1 is 1.32 bits per heavy atom. The predicted octanol–water partition coefficient (Wildman–Crippen LogP) is 1.14. The van der Waals surface area contributed by atoms with E-state index in [1.165, 1.54) is 4.68 Å². The first-order valence-corrected chi connectivity index (χ1v) is 11.1. The molecule has 1 amide bonds. The zero-order chi connectivity index (χ0) is 20.1. The maximum absolute atomic E-state index is 13.1. The fourth-order valence-electron chi connectivity index (χ4n) is 4.00. The zero-order valence-corrected chi connectivity index (χ0v) is 16.6. The number of rotatable bonds is 4. The third-order valence-electron chi connectivity index (χ3n) is 5.39. The van der Waals surface area contributed by atoms with E-state index >= 15 is 0 Å². The van der Waals surface area contributed by atoms with Gasteiger partial charge < -0.3 is 9.88 Å². The molecular weight excluding hydrogens is 380 g/mol. The molecule has 0 spiro atoms. The molecule has 1 N–H and O–H groups in total. The fraction of sp³-hybridized carbons (Fsp3) is 0.421. The molecule has 0 bridgehead atoms. The molecule has 148 valence electrons. The summed E-state index contributed by atoms with van der Waals surface area (Å²) in [6, 6.07) is 6.52. The monoisotopic (exact) mass is 402 g/mol. The summed E-state index contributed by atoms with van der Waals surface area (Å²) >= 11 is 0. The van der Waals surface area contributed by atoms with Gasteiger partial charge in [-0.15, -0.1) is 0 Å². The summed E-state index contributed by atoms with van der Waals surface area (Å²) in [4.78, 5) is 25.9. The van der Waals surface area contributed by atoms with Crippen molar-refractivity contribution < 1.29 is 13.2 Å². The van der Waals surface area contributed by atoms with E-state index in [9.17, 15) is 18.0 Å². The van der Waals surface area contributed by atoms with Crippen LogP contribution < -0.4 is 10.9 Å². The molecule has 3 aromatic rings. The van der Waals surface area contributed by atoms with E-state index in [0.29, 0.717) is 23.7 Å². The Morgan fingerprint density at radius 3 is 2.75 bits per heavy atom. The molecule has 9 heteroatoms. The Kier molecular flexibility index (Phi) is 4.49. The minimum Gasteiger partial charge on any atom is -0.351 e. The zero-order valence-electron chi connectivity index (χ0n) is 15.8. The van der Waals surface area contributed by atoms with E-state index in [-0.39, 0.29) is 29.0 Å². The third-order valence-corrected chi connectivity index (χ3v) is 7.15. The minimum atomic E-state index is -3.09. The number of fused-ring (bicyclic) bond motifs is 3. The topological polar surface area (TPSA) is 103 Å². The van der Waals surface area contributed by atoms with Crippen LogP contribution in [-0.4, -0.2) is 46.2 Å². The summed E-state index contributed by atoms with van der Waals surface area (Å²) in [6.07, 6.45) is 2.53. The smallest absolute Gasteiger partial charge is 0.291 e. The Labute approximate surface area is 162 Å². The summed E-state index contributed by atoms with van der Waals surface area (Å²) in [5, 5.41) is 8.56. The van der Waals surface area contributed by atoms with Gasteiger partial charge in [-0.1, -0.05) is 25.1 Å². The van der Waals surface area contributed by atoms with Crippen LogP contribution in [-0.2, 0) is 21.7 Å². The van der Waals surface area contributed by atoms with Gasteiger partial charge in [-0.2, -0.15) is 5.10 Å². The van der Waals surface area contributed by atoms with E-state index in [2.05, 4.69) is 10.4 Å². The molecule has 0 saturated carbocycles. The van der Waals surface area contributed by atoms with E-state index in [1.807, 2.05) is 31.2 Å². The van der Waals surface area contributed by atoms with Gasteiger partial charge in [0, 0.05) is 23.9 Å².